The number of hydrogen-bond acceptors (Lipinski definition) is 4. The summed E-state index contributed by atoms with van der Waals surface area (Å²) in [5, 5.41) is 6.45. The Labute approximate surface area is 174 Å². The van der Waals surface area contributed by atoms with E-state index in [0.717, 1.165) is 40.2 Å². The zero-order valence-corrected chi connectivity index (χ0v) is 17.6. The number of nitrogens with zero attached hydrogens (tertiary/aromatic N) is 3. The van der Waals surface area contributed by atoms with E-state index in [1.807, 2.05) is 48.5 Å². The molecule has 0 unspecified atom stereocenters. The van der Waals surface area contributed by atoms with Crippen molar-refractivity contribution >= 4 is 27.5 Å². The molecule has 0 radical (unpaired) electrons. The smallest absolute Gasteiger partial charge is 0.257 e. The third-order valence-corrected chi connectivity index (χ3v) is 5.93. The lowest BCUT2D eigenvalue weighted by Gasteiger charge is -2.24. The molecule has 2 heterocycles. The molecule has 146 valence electrons. The molecule has 0 aromatic heterocycles. The van der Waals surface area contributed by atoms with Crippen LogP contribution in [0.4, 0.5) is 0 Å². The highest BCUT2D eigenvalue weighted by molar-refractivity contribution is 9.10. The summed E-state index contributed by atoms with van der Waals surface area (Å²) in [6, 6.07) is 16.0. The Bertz CT molecular complexity index is 858. The highest BCUT2D eigenvalue weighted by Crippen LogP contribution is 2.34. The molecule has 0 saturated carbocycles. The summed E-state index contributed by atoms with van der Waals surface area (Å²) >= 11 is 3.48. The van der Waals surface area contributed by atoms with Gasteiger partial charge in [0.25, 0.3) is 5.91 Å². The first-order valence-corrected chi connectivity index (χ1v) is 10.4. The van der Waals surface area contributed by atoms with Crippen LogP contribution in [0, 0.1) is 0 Å². The summed E-state index contributed by atoms with van der Waals surface area (Å²) in [5.41, 5.74) is 3.08. The summed E-state index contributed by atoms with van der Waals surface area (Å²) in [5.74, 6) is 0.876. The van der Waals surface area contributed by atoms with Gasteiger partial charge in [-0.15, -0.1) is 0 Å². The average molecular weight is 442 g/mol. The van der Waals surface area contributed by atoms with Crippen molar-refractivity contribution < 1.29 is 9.53 Å². The molecule has 1 amide bonds. The van der Waals surface area contributed by atoms with Gasteiger partial charge in [0.1, 0.15) is 5.75 Å². The van der Waals surface area contributed by atoms with E-state index in [-0.39, 0.29) is 11.9 Å². The first-order valence-electron chi connectivity index (χ1n) is 9.66. The van der Waals surface area contributed by atoms with Crippen LogP contribution in [0.5, 0.6) is 5.75 Å². The van der Waals surface area contributed by atoms with E-state index in [1.165, 1.54) is 12.8 Å². The second kappa shape index (κ2) is 8.45. The maximum atomic E-state index is 13.1. The molecule has 2 aromatic carbocycles. The van der Waals surface area contributed by atoms with Gasteiger partial charge in [-0.25, -0.2) is 5.01 Å². The SMILES string of the molecule is COc1ccc([C@@H]2CC(c3ccc(Br)cc3)=NN2C(=O)CN2CCCC2)cc1. The summed E-state index contributed by atoms with van der Waals surface area (Å²) in [7, 11) is 1.66. The molecule has 2 aromatic rings. The van der Waals surface area contributed by atoms with Crippen LogP contribution in [-0.2, 0) is 4.79 Å². The van der Waals surface area contributed by atoms with E-state index in [2.05, 4.69) is 20.8 Å². The topological polar surface area (TPSA) is 45.1 Å². The lowest BCUT2D eigenvalue weighted by molar-refractivity contribution is -0.134. The number of methoxy groups -OCH3 is 1. The van der Waals surface area contributed by atoms with E-state index < -0.39 is 0 Å². The van der Waals surface area contributed by atoms with Crippen molar-refractivity contribution in [1.82, 2.24) is 9.91 Å². The highest BCUT2D eigenvalue weighted by atomic mass is 79.9. The zero-order valence-electron chi connectivity index (χ0n) is 16.0. The van der Waals surface area contributed by atoms with Crippen molar-refractivity contribution in [2.45, 2.75) is 25.3 Å². The number of carbonyl (C=O) groups is 1. The molecule has 0 aliphatic carbocycles. The standard InChI is InChI=1S/C22H24BrN3O2/c1-28-19-10-6-17(7-11-19)21-14-20(16-4-8-18(23)9-5-16)24-26(21)22(27)15-25-12-2-3-13-25/h4-11,21H,2-3,12-15H2,1H3/t21-/m0/s1. The molecule has 1 atom stereocenters. The number of benzene rings is 2. The molecule has 2 aliphatic heterocycles. The molecule has 0 bridgehead atoms. The van der Waals surface area contributed by atoms with E-state index in [4.69, 9.17) is 9.84 Å². The molecule has 6 heteroatoms. The first-order chi connectivity index (χ1) is 13.6. The van der Waals surface area contributed by atoms with Gasteiger partial charge in [0.2, 0.25) is 0 Å². The van der Waals surface area contributed by atoms with Gasteiger partial charge < -0.3 is 4.74 Å². The van der Waals surface area contributed by atoms with Crippen LogP contribution in [0.3, 0.4) is 0 Å². The van der Waals surface area contributed by atoms with Crippen LogP contribution in [-0.4, -0.2) is 48.3 Å². The lowest BCUT2D eigenvalue weighted by Crippen LogP contribution is -2.36. The normalized spacial score (nSPS) is 19.7. The van der Waals surface area contributed by atoms with Crippen LogP contribution in [0.25, 0.3) is 0 Å². The van der Waals surface area contributed by atoms with Gasteiger partial charge in [0, 0.05) is 10.9 Å². The van der Waals surface area contributed by atoms with Crippen LogP contribution in [0.15, 0.2) is 58.1 Å². The van der Waals surface area contributed by atoms with Crippen LogP contribution >= 0.6 is 15.9 Å². The fourth-order valence-electron chi connectivity index (χ4n) is 3.85. The Hall–Kier alpha value is -2.18. The van der Waals surface area contributed by atoms with Crippen molar-refractivity contribution in [3.05, 3.63) is 64.1 Å². The van der Waals surface area contributed by atoms with Crippen molar-refractivity contribution in [2.24, 2.45) is 5.10 Å². The number of carbonyl (C=O) groups excluding carboxylic acids is 1. The number of rotatable bonds is 5. The minimum atomic E-state index is -0.0837. The number of halogens is 1. The predicted molar refractivity (Wildman–Crippen MR) is 114 cm³/mol. The van der Waals surface area contributed by atoms with E-state index in [1.54, 1.807) is 12.1 Å². The molecule has 0 N–H and O–H groups in total. The zero-order chi connectivity index (χ0) is 19.5. The van der Waals surface area contributed by atoms with Gasteiger partial charge in [-0.05, 0) is 61.3 Å². The number of likely N-dealkylation sites (tertiary alicyclic amines) is 1. The first kappa shape index (κ1) is 19.2. The molecule has 28 heavy (non-hydrogen) atoms. The van der Waals surface area contributed by atoms with E-state index in [9.17, 15) is 4.79 Å². The third-order valence-electron chi connectivity index (χ3n) is 5.40. The maximum Gasteiger partial charge on any atom is 0.257 e. The van der Waals surface area contributed by atoms with Gasteiger partial charge >= 0.3 is 0 Å². The number of ether oxygens (including phenoxy) is 1. The Morgan fingerprint density at radius 3 is 2.43 bits per heavy atom. The van der Waals surface area contributed by atoms with Gasteiger partial charge in [-0.1, -0.05) is 40.2 Å². The minimum Gasteiger partial charge on any atom is -0.497 e. The summed E-state index contributed by atoms with van der Waals surface area (Å²) in [6.45, 7) is 2.43. The Morgan fingerprint density at radius 2 is 1.79 bits per heavy atom. The third kappa shape index (κ3) is 4.13. The molecule has 0 spiro atoms. The summed E-state index contributed by atoms with van der Waals surface area (Å²) in [6.07, 6.45) is 3.05. The predicted octanol–water partition coefficient (Wildman–Crippen LogP) is 4.23. The summed E-state index contributed by atoms with van der Waals surface area (Å²) in [4.78, 5) is 15.3. The molecular weight excluding hydrogens is 418 g/mol. The molecule has 1 fully saturated rings. The maximum absolute atomic E-state index is 13.1. The second-order valence-electron chi connectivity index (χ2n) is 7.27. The van der Waals surface area contributed by atoms with Crippen LogP contribution < -0.4 is 4.74 Å². The largest absolute Gasteiger partial charge is 0.497 e. The molecule has 1 saturated heterocycles. The number of hydrogen-bond donors (Lipinski definition) is 0. The number of hydrazone groups is 1. The van der Waals surface area contributed by atoms with Crippen LogP contribution in [0.2, 0.25) is 0 Å². The van der Waals surface area contributed by atoms with Gasteiger partial charge in [0.15, 0.2) is 0 Å². The Morgan fingerprint density at radius 1 is 1.11 bits per heavy atom. The fraction of sp³-hybridized carbons (Fsp3) is 0.364. The Balaban J connectivity index is 1.60. The lowest BCUT2D eigenvalue weighted by atomic mass is 9.98. The van der Waals surface area contributed by atoms with Crippen molar-refractivity contribution in [3.63, 3.8) is 0 Å². The minimum absolute atomic E-state index is 0.0647. The monoisotopic (exact) mass is 441 g/mol. The quantitative estimate of drug-likeness (QED) is 0.696. The average Bonchev–Trinajstić information content (AvgIpc) is 3.38. The summed E-state index contributed by atoms with van der Waals surface area (Å²) < 4.78 is 6.31. The van der Waals surface area contributed by atoms with Crippen molar-refractivity contribution in [1.29, 1.82) is 0 Å². The molecule has 4 rings (SSSR count). The molecule has 5 nitrogen and oxygen atoms in total. The molecular formula is C22H24BrN3O2. The van der Waals surface area contributed by atoms with Crippen LogP contribution in [0.1, 0.15) is 36.4 Å². The van der Waals surface area contributed by atoms with Gasteiger partial charge in [-0.3, -0.25) is 9.69 Å². The van der Waals surface area contributed by atoms with Gasteiger partial charge in [-0.2, -0.15) is 5.10 Å². The van der Waals surface area contributed by atoms with Crippen molar-refractivity contribution in [2.75, 3.05) is 26.7 Å². The number of amides is 1. The highest BCUT2D eigenvalue weighted by Gasteiger charge is 2.34. The second-order valence-corrected chi connectivity index (χ2v) is 8.18. The van der Waals surface area contributed by atoms with Crippen molar-refractivity contribution in [3.8, 4) is 5.75 Å². The Kier molecular flexibility index (Phi) is 5.78. The fourth-order valence-corrected chi connectivity index (χ4v) is 4.11. The van der Waals surface area contributed by atoms with E-state index >= 15 is 0 Å². The molecule has 2 aliphatic rings. The van der Waals surface area contributed by atoms with Gasteiger partial charge in [0.05, 0.1) is 25.4 Å². The van der Waals surface area contributed by atoms with E-state index in [0.29, 0.717) is 13.0 Å².